The molecule has 2 aromatic rings. The highest BCUT2D eigenvalue weighted by Gasteiger charge is 2.33. The lowest BCUT2D eigenvalue weighted by molar-refractivity contribution is 0.101. The highest BCUT2D eigenvalue weighted by molar-refractivity contribution is 5.76. The maximum Gasteiger partial charge on any atom is 0.317 e. The number of amides is 2. The average molecular weight is 341 g/mol. The topological polar surface area (TPSA) is 74.5 Å². The van der Waals surface area contributed by atoms with Crippen LogP contribution in [-0.2, 0) is 0 Å². The molecule has 2 aliphatic rings. The van der Waals surface area contributed by atoms with Crippen LogP contribution < -0.4 is 5.32 Å². The number of piperidine rings is 1. The van der Waals surface area contributed by atoms with Crippen LogP contribution in [0.1, 0.15) is 31.7 Å². The van der Waals surface area contributed by atoms with Crippen molar-refractivity contribution >= 4 is 6.03 Å². The molecule has 0 saturated carbocycles. The summed E-state index contributed by atoms with van der Waals surface area (Å²) in [5, 5.41) is 11.3. The Labute approximate surface area is 147 Å². The van der Waals surface area contributed by atoms with Crippen LogP contribution in [0.4, 0.5) is 4.79 Å². The quantitative estimate of drug-likeness (QED) is 0.923. The Kier molecular flexibility index (Phi) is 4.40. The number of nitrogens with one attached hydrogen (secondary N) is 1. The monoisotopic (exact) mass is 341 g/mol. The van der Waals surface area contributed by atoms with Gasteiger partial charge in [-0.1, -0.05) is 18.2 Å². The van der Waals surface area contributed by atoms with Gasteiger partial charge in [0.2, 0.25) is 11.8 Å². The summed E-state index contributed by atoms with van der Waals surface area (Å²) < 4.78 is 5.89. The summed E-state index contributed by atoms with van der Waals surface area (Å²) in [5.74, 6) is 1.21. The second-order valence-corrected chi connectivity index (χ2v) is 6.68. The molecule has 1 N–H and O–H groups in total. The van der Waals surface area contributed by atoms with Crippen LogP contribution in [0.15, 0.2) is 34.7 Å². The fourth-order valence-corrected chi connectivity index (χ4v) is 3.68. The number of carbonyl (C=O) groups is 1. The normalized spacial score (nSPS) is 20.7. The molecule has 2 saturated heterocycles. The largest absolute Gasteiger partial charge is 0.419 e. The molecule has 132 valence electrons. The minimum Gasteiger partial charge on any atom is -0.419 e. The van der Waals surface area contributed by atoms with Crippen LogP contribution >= 0.6 is 0 Å². The van der Waals surface area contributed by atoms with Crippen molar-refractivity contribution in [1.29, 1.82) is 0 Å². The van der Waals surface area contributed by atoms with Crippen LogP contribution in [0, 0.1) is 0 Å². The van der Waals surface area contributed by atoms with Gasteiger partial charge in [0.25, 0.3) is 0 Å². The number of likely N-dealkylation sites (tertiary alicyclic amines) is 1. The van der Waals surface area contributed by atoms with E-state index in [4.69, 9.17) is 4.42 Å². The van der Waals surface area contributed by atoms with E-state index in [0.717, 1.165) is 44.6 Å². The molecule has 0 bridgehead atoms. The zero-order valence-electron chi connectivity index (χ0n) is 14.4. The zero-order valence-corrected chi connectivity index (χ0v) is 14.4. The van der Waals surface area contributed by atoms with Crippen molar-refractivity contribution in [2.45, 2.75) is 31.8 Å². The van der Waals surface area contributed by atoms with Crippen molar-refractivity contribution < 1.29 is 9.21 Å². The lowest BCUT2D eigenvalue weighted by Gasteiger charge is -2.37. The number of hydrogen-bond donors (Lipinski definition) is 1. The molecule has 1 unspecified atom stereocenters. The summed E-state index contributed by atoms with van der Waals surface area (Å²) in [6.45, 7) is 5.55. The van der Waals surface area contributed by atoms with Crippen molar-refractivity contribution in [3.63, 3.8) is 0 Å². The molecule has 4 rings (SSSR count). The van der Waals surface area contributed by atoms with Crippen molar-refractivity contribution in [3.05, 3.63) is 36.2 Å². The Morgan fingerprint density at radius 1 is 1.16 bits per heavy atom. The molecular weight excluding hydrogens is 318 g/mol. The Morgan fingerprint density at radius 3 is 2.60 bits per heavy atom. The summed E-state index contributed by atoms with van der Waals surface area (Å²) >= 11 is 0. The molecule has 1 atom stereocenters. The minimum absolute atomic E-state index is 0.0795. The number of carbonyl (C=O) groups excluding carboxylic acids is 1. The van der Waals surface area contributed by atoms with Crippen LogP contribution in [0.25, 0.3) is 11.5 Å². The smallest absolute Gasteiger partial charge is 0.317 e. The average Bonchev–Trinajstić information content (AvgIpc) is 3.31. The van der Waals surface area contributed by atoms with Crippen LogP contribution in [0.3, 0.4) is 0 Å². The lowest BCUT2D eigenvalue weighted by Crippen LogP contribution is -2.46. The molecule has 1 aromatic heterocycles. The molecular formula is C18H23N5O2. The summed E-state index contributed by atoms with van der Waals surface area (Å²) in [6.07, 6.45) is 1.97. The van der Waals surface area contributed by atoms with Gasteiger partial charge in [-0.05, 0) is 31.9 Å². The molecule has 0 aliphatic carbocycles. The van der Waals surface area contributed by atoms with Crippen molar-refractivity contribution in [2.75, 3.05) is 26.2 Å². The van der Waals surface area contributed by atoms with Gasteiger partial charge < -0.3 is 14.6 Å². The van der Waals surface area contributed by atoms with Crippen molar-refractivity contribution in [2.24, 2.45) is 0 Å². The van der Waals surface area contributed by atoms with Crippen molar-refractivity contribution in [3.8, 4) is 11.5 Å². The van der Waals surface area contributed by atoms with Crippen LogP contribution in [-0.4, -0.2) is 58.2 Å². The van der Waals surface area contributed by atoms with Gasteiger partial charge in [0.15, 0.2) is 0 Å². The molecule has 2 fully saturated rings. The highest BCUT2D eigenvalue weighted by Crippen LogP contribution is 2.27. The first-order valence-corrected chi connectivity index (χ1v) is 8.90. The van der Waals surface area contributed by atoms with Gasteiger partial charge in [0.1, 0.15) is 0 Å². The van der Waals surface area contributed by atoms with Crippen molar-refractivity contribution in [1.82, 2.24) is 25.3 Å². The Hall–Kier alpha value is -2.41. The predicted octanol–water partition coefficient (Wildman–Crippen LogP) is 2.29. The van der Waals surface area contributed by atoms with E-state index in [0.29, 0.717) is 17.8 Å². The molecule has 7 heteroatoms. The molecule has 25 heavy (non-hydrogen) atoms. The first kappa shape index (κ1) is 16.1. The summed E-state index contributed by atoms with van der Waals surface area (Å²) in [4.78, 5) is 16.1. The number of aromatic nitrogens is 2. The van der Waals surface area contributed by atoms with Gasteiger partial charge in [-0.25, -0.2) is 4.79 Å². The molecule has 2 amide bonds. The van der Waals surface area contributed by atoms with Gasteiger partial charge in [0, 0.05) is 37.8 Å². The number of rotatable bonds is 4. The second-order valence-electron chi connectivity index (χ2n) is 6.68. The van der Waals surface area contributed by atoms with E-state index < -0.39 is 0 Å². The van der Waals surface area contributed by atoms with Gasteiger partial charge in [-0.2, -0.15) is 0 Å². The van der Waals surface area contributed by atoms with Gasteiger partial charge in [-0.15, -0.1) is 10.2 Å². The van der Waals surface area contributed by atoms with Gasteiger partial charge in [-0.3, -0.25) is 4.90 Å². The maximum absolute atomic E-state index is 11.8. The summed E-state index contributed by atoms with van der Waals surface area (Å²) in [5.41, 5.74) is 0.937. The van der Waals surface area contributed by atoms with E-state index in [-0.39, 0.29) is 12.1 Å². The number of urea groups is 1. The van der Waals surface area contributed by atoms with Crippen LogP contribution in [0.2, 0.25) is 0 Å². The van der Waals surface area contributed by atoms with E-state index in [1.54, 1.807) is 0 Å². The lowest BCUT2D eigenvalue weighted by atomic mass is 10.0. The molecule has 0 radical (unpaired) electrons. The molecule has 3 heterocycles. The molecule has 7 nitrogen and oxygen atoms in total. The third kappa shape index (κ3) is 3.24. The molecule has 0 spiro atoms. The standard InChI is InChI=1S/C18H23N5O2/c1-13(16-20-21-17(25-16)14-5-3-2-4-6-14)22-10-7-15(8-11-22)23-12-9-19-18(23)24/h2-6,13,15H,7-12H2,1H3,(H,19,24). The Bertz CT molecular complexity index is 724. The Morgan fingerprint density at radius 2 is 1.92 bits per heavy atom. The highest BCUT2D eigenvalue weighted by atomic mass is 16.4. The zero-order chi connectivity index (χ0) is 17.2. The molecule has 2 aliphatic heterocycles. The SMILES string of the molecule is CC(c1nnc(-c2ccccc2)o1)N1CCC(N2CCNC2=O)CC1. The fourth-order valence-electron chi connectivity index (χ4n) is 3.68. The Balaban J connectivity index is 1.38. The first-order chi connectivity index (χ1) is 12.2. The first-order valence-electron chi connectivity index (χ1n) is 8.90. The molecule has 1 aromatic carbocycles. The number of nitrogens with zero attached hydrogens (tertiary/aromatic N) is 4. The third-order valence-electron chi connectivity index (χ3n) is 5.20. The summed E-state index contributed by atoms with van der Waals surface area (Å²) in [7, 11) is 0. The van der Waals surface area contributed by atoms with E-state index in [2.05, 4.69) is 27.3 Å². The third-order valence-corrected chi connectivity index (χ3v) is 5.20. The maximum atomic E-state index is 11.8. The second kappa shape index (κ2) is 6.84. The summed E-state index contributed by atoms with van der Waals surface area (Å²) in [6, 6.07) is 10.3. The van der Waals surface area contributed by atoms with Gasteiger partial charge in [0.05, 0.1) is 6.04 Å². The van der Waals surface area contributed by atoms with Gasteiger partial charge >= 0.3 is 6.03 Å². The predicted molar refractivity (Wildman–Crippen MR) is 92.8 cm³/mol. The van der Waals surface area contributed by atoms with Crippen LogP contribution in [0.5, 0.6) is 0 Å². The fraction of sp³-hybridized carbons (Fsp3) is 0.500. The van der Waals surface area contributed by atoms with E-state index >= 15 is 0 Å². The van der Waals surface area contributed by atoms with E-state index in [9.17, 15) is 4.79 Å². The minimum atomic E-state index is 0.0795. The van der Waals surface area contributed by atoms with E-state index in [1.165, 1.54) is 0 Å². The number of hydrogen-bond acceptors (Lipinski definition) is 5. The van der Waals surface area contributed by atoms with E-state index in [1.807, 2.05) is 35.2 Å². The number of benzene rings is 1.